The lowest BCUT2D eigenvalue weighted by Gasteiger charge is -2.21. The first-order valence-corrected chi connectivity index (χ1v) is 16.6. The molecule has 1 aliphatic rings. The van der Waals surface area contributed by atoms with Gasteiger partial charge < -0.3 is 0 Å². The summed E-state index contributed by atoms with van der Waals surface area (Å²) in [5.41, 5.74) is 10.6. The predicted octanol–water partition coefficient (Wildman–Crippen LogP) is 13.1. The van der Waals surface area contributed by atoms with E-state index in [9.17, 15) is 0 Å². The van der Waals surface area contributed by atoms with Crippen molar-refractivity contribution in [3.05, 3.63) is 169 Å². The van der Waals surface area contributed by atoms with Crippen LogP contribution in [0.25, 0.3) is 87.2 Å². The molecule has 1 aliphatic carbocycles. The standard InChI is InChI=1S/C47H32/c1-47(2)45-10-6-5-9-41(45)44-28-43-38(27-46(44)47)20-22-39-40(43)21-19-30-12-14-37(26-42(30)39)36-18-17-34-24-33(15-16-35(34)25-36)32-13-11-29-7-3-4-8-31(29)23-32/h3-28H,1-2H3. The molecule has 9 aromatic rings. The van der Waals surface area contributed by atoms with Gasteiger partial charge in [-0.15, -0.1) is 0 Å². The van der Waals surface area contributed by atoms with Crippen LogP contribution in [0.1, 0.15) is 25.0 Å². The van der Waals surface area contributed by atoms with Gasteiger partial charge in [-0.25, -0.2) is 0 Å². The molecule has 0 heteroatoms. The summed E-state index contributed by atoms with van der Waals surface area (Å²) in [6.07, 6.45) is 0. The van der Waals surface area contributed by atoms with Crippen LogP contribution in [0, 0.1) is 0 Å². The molecule has 10 rings (SSSR count). The summed E-state index contributed by atoms with van der Waals surface area (Å²) in [6.45, 7) is 4.71. The summed E-state index contributed by atoms with van der Waals surface area (Å²) in [4.78, 5) is 0. The zero-order chi connectivity index (χ0) is 31.3. The van der Waals surface area contributed by atoms with Crippen LogP contribution in [0.4, 0.5) is 0 Å². The molecule has 0 saturated carbocycles. The Morgan fingerprint density at radius 1 is 0.298 bits per heavy atom. The lowest BCUT2D eigenvalue weighted by Crippen LogP contribution is -2.14. The van der Waals surface area contributed by atoms with Gasteiger partial charge in [0.1, 0.15) is 0 Å². The Hall–Kier alpha value is -5.72. The lowest BCUT2D eigenvalue weighted by atomic mass is 9.81. The maximum Gasteiger partial charge on any atom is 0.0159 e. The molecule has 0 atom stereocenters. The molecule has 0 amide bonds. The lowest BCUT2D eigenvalue weighted by molar-refractivity contribution is 0.661. The van der Waals surface area contributed by atoms with Gasteiger partial charge in [-0.05, 0) is 135 Å². The van der Waals surface area contributed by atoms with Gasteiger partial charge in [-0.1, -0.05) is 135 Å². The fourth-order valence-corrected chi connectivity index (χ4v) is 8.22. The number of rotatable bonds is 2. The minimum absolute atomic E-state index is 0.00518. The zero-order valence-corrected chi connectivity index (χ0v) is 26.5. The summed E-state index contributed by atoms with van der Waals surface area (Å²) >= 11 is 0. The summed E-state index contributed by atoms with van der Waals surface area (Å²) in [5, 5.41) is 12.9. The molecular formula is C47H32. The second-order valence-electron chi connectivity index (χ2n) is 13.8. The molecular weight excluding hydrogens is 565 g/mol. The van der Waals surface area contributed by atoms with Gasteiger partial charge in [0, 0.05) is 5.41 Å². The Kier molecular flexibility index (Phi) is 5.44. The fraction of sp³-hybridized carbons (Fsp3) is 0.0638. The first kappa shape index (κ1) is 26.5. The van der Waals surface area contributed by atoms with Gasteiger partial charge in [0.05, 0.1) is 0 Å². The second-order valence-corrected chi connectivity index (χ2v) is 13.8. The van der Waals surface area contributed by atoms with E-state index in [1.54, 1.807) is 0 Å². The van der Waals surface area contributed by atoms with Crippen LogP contribution in [-0.4, -0.2) is 0 Å². The number of fused-ring (bicyclic) bond motifs is 10. The highest BCUT2D eigenvalue weighted by Crippen LogP contribution is 2.50. The molecule has 0 radical (unpaired) electrons. The fourth-order valence-electron chi connectivity index (χ4n) is 8.22. The van der Waals surface area contributed by atoms with Crippen molar-refractivity contribution in [1.82, 2.24) is 0 Å². The maximum atomic E-state index is 2.45. The summed E-state index contributed by atoms with van der Waals surface area (Å²) in [7, 11) is 0. The molecule has 0 aromatic heterocycles. The molecule has 0 N–H and O–H groups in total. The van der Waals surface area contributed by atoms with Crippen LogP contribution in [0.3, 0.4) is 0 Å². The molecule has 0 bridgehead atoms. The van der Waals surface area contributed by atoms with Gasteiger partial charge in [-0.2, -0.15) is 0 Å². The van der Waals surface area contributed by atoms with E-state index in [2.05, 4.69) is 172 Å². The third kappa shape index (κ3) is 3.95. The van der Waals surface area contributed by atoms with Gasteiger partial charge in [0.2, 0.25) is 0 Å². The smallest absolute Gasteiger partial charge is 0.0159 e. The first-order valence-electron chi connectivity index (χ1n) is 16.6. The van der Waals surface area contributed by atoms with Crippen molar-refractivity contribution >= 4 is 53.9 Å². The van der Waals surface area contributed by atoms with Crippen LogP contribution < -0.4 is 0 Å². The summed E-state index contributed by atoms with van der Waals surface area (Å²) in [5.74, 6) is 0. The van der Waals surface area contributed by atoms with Crippen molar-refractivity contribution in [2.45, 2.75) is 19.3 Å². The molecule has 0 heterocycles. The Labute approximate surface area is 274 Å². The number of benzene rings is 9. The average molecular weight is 597 g/mol. The van der Waals surface area contributed by atoms with Crippen LogP contribution in [0.2, 0.25) is 0 Å². The van der Waals surface area contributed by atoms with Crippen LogP contribution in [0.15, 0.2) is 158 Å². The predicted molar refractivity (Wildman–Crippen MR) is 202 cm³/mol. The molecule has 9 aromatic carbocycles. The Balaban J connectivity index is 1.08. The van der Waals surface area contributed by atoms with E-state index in [0.29, 0.717) is 0 Å². The largest absolute Gasteiger partial charge is 0.0619 e. The third-order valence-electron chi connectivity index (χ3n) is 10.8. The highest BCUT2D eigenvalue weighted by Gasteiger charge is 2.35. The summed E-state index contributed by atoms with van der Waals surface area (Å²) < 4.78 is 0. The average Bonchev–Trinajstić information content (AvgIpc) is 3.34. The third-order valence-corrected chi connectivity index (χ3v) is 10.8. The number of hydrogen-bond acceptors (Lipinski definition) is 0. The minimum Gasteiger partial charge on any atom is -0.0619 e. The van der Waals surface area contributed by atoms with Crippen LogP contribution in [-0.2, 0) is 5.41 Å². The first-order chi connectivity index (χ1) is 23.0. The normalized spacial score (nSPS) is 13.5. The van der Waals surface area contributed by atoms with Crippen molar-refractivity contribution in [2.24, 2.45) is 0 Å². The molecule has 0 saturated heterocycles. The number of hydrogen-bond donors (Lipinski definition) is 0. The van der Waals surface area contributed by atoms with E-state index in [4.69, 9.17) is 0 Å². The van der Waals surface area contributed by atoms with Crippen LogP contribution in [0.5, 0.6) is 0 Å². The Morgan fingerprint density at radius 2 is 0.787 bits per heavy atom. The molecule has 0 unspecified atom stereocenters. The van der Waals surface area contributed by atoms with Gasteiger partial charge in [0.15, 0.2) is 0 Å². The molecule has 0 spiro atoms. The van der Waals surface area contributed by atoms with E-state index < -0.39 is 0 Å². The van der Waals surface area contributed by atoms with E-state index >= 15 is 0 Å². The Morgan fingerprint density at radius 3 is 1.49 bits per heavy atom. The van der Waals surface area contributed by atoms with E-state index in [1.807, 2.05) is 0 Å². The monoisotopic (exact) mass is 596 g/mol. The van der Waals surface area contributed by atoms with Gasteiger partial charge >= 0.3 is 0 Å². The van der Waals surface area contributed by atoms with E-state index in [-0.39, 0.29) is 5.41 Å². The second kappa shape index (κ2) is 9.64. The molecule has 0 fully saturated rings. The van der Waals surface area contributed by atoms with Crippen molar-refractivity contribution in [3.63, 3.8) is 0 Å². The zero-order valence-electron chi connectivity index (χ0n) is 26.5. The molecule has 0 nitrogen and oxygen atoms in total. The van der Waals surface area contributed by atoms with Gasteiger partial charge in [-0.3, -0.25) is 0 Å². The quantitative estimate of drug-likeness (QED) is 0.174. The highest BCUT2D eigenvalue weighted by atomic mass is 14.4. The molecule has 0 aliphatic heterocycles. The van der Waals surface area contributed by atoms with Crippen molar-refractivity contribution in [2.75, 3.05) is 0 Å². The molecule has 47 heavy (non-hydrogen) atoms. The van der Waals surface area contributed by atoms with E-state index in [0.717, 1.165) is 0 Å². The van der Waals surface area contributed by atoms with Crippen molar-refractivity contribution in [1.29, 1.82) is 0 Å². The summed E-state index contributed by atoms with van der Waals surface area (Å²) in [6, 6.07) is 59.1. The molecule has 220 valence electrons. The highest BCUT2D eigenvalue weighted by molar-refractivity contribution is 6.18. The Bertz CT molecular complexity index is 2760. The maximum absolute atomic E-state index is 2.45. The SMILES string of the molecule is CC1(C)c2ccccc2-c2cc3c(ccc4c5cc(-c6ccc7cc(-c8ccc9ccccc9c8)ccc7c6)ccc5ccc34)cc21. The van der Waals surface area contributed by atoms with Gasteiger partial charge in [0.25, 0.3) is 0 Å². The van der Waals surface area contributed by atoms with E-state index in [1.165, 1.54) is 98.4 Å². The minimum atomic E-state index is 0.00518. The van der Waals surface area contributed by atoms with Crippen molar-refractivity contribution in [3.8, 4) is 33.4 Å². The topological polar surface area (TPSA) is 0 Å². The van der Waals surface area contributed by atoms with Crippen molar-refractivity contribution < 1.29 is 0 Å². The van der Waals surface area contributed by atoms with Crippen LogP contribution >= 0.6 is 0 Å².